The van der Waals surface area contributed by atoms with Gasteiger partial charge in [-0.3, -0.25) is 4.79 Å². The van der Waals surface area contributed by atoms with Gasteiger partial charge in [0.2, 0.25) is 15.9 Å². The molecule has 1 aromatic rings. The number of nitrogens with zero attached hydrogens (tertiary/aromatic N) is 1. The van der Waals surface area contributed by atoms with Crippen LogP contribution in [0.15, 0.2) is 29.2 Å². The number of nitrogens with one attached hydrogen (secondary N) is 1. The molecule has 1 atom stereocenters. The number of benzene rings is 1. The van der Waals surface area contributed by atoms with Gasteiger partial charge in [-0.2, -0.15) is 4.31 Å². The first kappa shape index (κ1) is 17.3. The molecule has 1 amide bonds. The van der Waals surface area contributed by atoms with Crippen molar-refractivity contribution in [3.63, 3.8) is 0 Å². The highest BCUT2D eigenvalue weighted by molar-refractivity contribution is 7.89. The summed E-state index contributed by atoms with van der Waals surface area (Å²) < 4.78 is 38.6. The van der Waals surface area contributed by atoms with Crippen molar-refractivity contribution in [3.8, 4) is 0 Å². The number of sulfonamides is 1. The number of hydrogen-bond acceptors (Lipinski definition) is 5. The minimum atomic E-state index is -3.63. The molecule has 0 bridgehead atoms. The van der Waals surface area contributed by atoms with Gasteiger partial charge < -0.3 is 14.8 Å². The first-order valence-corrected chi connectivity index (χ1v) is 9.55. The van der Waals surface area contributed by atoms with Crippen molar-refractivity contribution in [1.29, 1.82) is 0 Å². The fourth-order valence-corrected chi connectivity index (χ4v) is 4.83. The Hall–Kier alpha value is -1.48. The Bertz CT molecular complexity index is 683. The first-order valence-electron chi connectivity index (χ1n) is 8.11. The third-order valence-corrected chi connectivity index (χ3v) is 6.18. The predicted octanol–water partition coefficient (Wildman–Crippen LogP) is 1.56. The van der Waals surface area contributed by atoms with Gasteiger partial charge in [-0.1, -0.05) is 6.42 Å². The zero-order valence-corrected chi connectivity index (χ0v) is 14.4. The van der Waals surface area contributed by atoms with E-state index < -0.39 is 16.3 Å². The number of rotatable bonds is 4. The molecule has 0 aliphatic carbocycles. The van der Waals surface area contributed by atoms with Crippen molar-refractivity contribution in [1.82, 2.24) is 4.31 Å². The maximum absolute atomic E-state index is 13.0. The Morgan fingerprint density at radius 1 is 1.17 bits per heavy atom. The maximum atomic E-state index is 13.0. The summed E-state index contributed by atoms with van der Waals surface area (Å²) in [6.07, 6.45) is 2.03. The Balaban J connectivity index is 1.83. The lowest BCUT2D eigenvalue weighted by atomic mass is 10.0. The summed E-state index contributed by atoms with van der Waals surface area (Å²) in [7, 11) is -3.63. The van der Waals surface area contributed by atoms with Gasteiger partial charge in [-0.15, -0.1) is 0 Å². The van der Waals surface area contributed by atoms with Crippen LogP contribution >= 0.6 is 0 Å². The smallest absolute Gasteiger partial charge is 0.243 e. The van der Waals surface area contributed by atoms with Crippen LogP contribution in [0.1, 0.15) is 26.2 Å². The molecule has 3 rings (SSSR count). The number of hydrogen-bond donors (Lipinski definition) is 1. The van der Waals surface area contributed by atoms with Crippen LogP contribution in [-0.4, -0.2) is 50.7 Å². The van der Waals surface area contributed by atoms with E-state index in [0.717, 1.165) is 19.3 Å². The van der Waals surface area contributed by atoms with E-state index in [2.05, 4.69) is 5.32 Å². The van der Waals surface area contributed by atoms with Crippen LogP contribution < -0.4 is 5.32 Å². The van der Waals surface area contributed by atoms with E-state index in [1.807, 2.05) is 0 Å². The minimum absolute atomic E-state index is 0.197. The largest absolute Gasteiger partial charge is 0.349 e. The Kier molecular flexibility index (Phi) is 5.19. The van der Waals surface area contributed by atoms with E-state index in [1.165, 1.54) is 23.4 Å². The predicted molar refractivity (Wildman–Crippen MR) is 88.0 cm³/mol. The molecule has 0 aromatic heterocycles. The second-order valence-corrected chi connectivity index (χ2v) is 7.88. The summed E-state index contributed by atoms with van der Waals surface area (Å²) in [6, 6.07) is 5.93. The molecule has 1 N–H and O–H groups in total. The summed E-state index contributed by atoms with van der Waals surface area (Å²) in [5.74, 6) is -0.197. The van der Waals surface area contributed by atoms with Crippen LogP contribution in [0.2, 0.25) is 0 Å². The van der Waals surface area contributed by atoms with Crippen LogP contribution in [0.3, 0.4) is 0 Å². The van der Waals surface area contributed by atoms with Gasteiger partial charge in [0.1, 0.15) is 0 Å². The lowest BCUT2D eigenvalue weighted by molar-refractivity contribution is -0.114. The topological polar surface area (TPSA) is 84.9 Å². The molecule has 1 aromatic carbocycles. The molecule has 0 saturated carbocycles. The average Bonchev–Trinajstić information content (AvgIpc) is 3.09. The molecule has 24 heavy (non-hydrogen) atoms. The molecule has 2 aliphatic heterocycles. The van der Waals surface area contributed by atoms with E-state index >= 15 is 0 Å². The second kappa shape index (κ2) is 7.18. The highest BCUT2D eigenvalue weighted by Crippen LogP contribution is 2.30. The summed E-state index contributed by atoms with van der Waals surface area (Å²) in [5, 5.41) is 2.63. The van der Waals surface area contributed by atoms with Crippen molar-refractivity contribution < 1.29 is 22.7 Å². The number of anilines is 1. The third-order valence-electron chi connectivity index (χ3n) is 4.24. The molecule has 0 spiro atoms. The minimum Gasteiger partial charge on any atom is -0.349 e. The normalized spacial score (nSPS) is 23.3. The molecule has 2 saturated heterocycles. The van der Waals surface area contributed by atoms with E-state index in [0.29, 0.717) is 25.4 Å². The summed E-state index contributed by atoms with van der Waals surface area (Å²) in [5.41, 5.74) is 0.569. The van der Waals surface area contributed by atoms with Crippen molar-refractivity contribution in [2.45, 2.75) is 43.4 Å². The van der Waals surface area contributed by atoms with Crippen LogP contribution in [0.25, 0.3) is 0 Å². The molecule has 8 heteroatoms. The fraction of sp³-hybridized carbons (Fsp3) is 0.562. The first-order chi connectivity index (χ1) is 11.5. The molecule has 1 unspecified atom stereocenters. The quantitative estimate of drug-likeness (QED) is 0.887. The van der Waals surface area contributed by atoms with Crippen molar-refractivity contribution in [2.75, 3.05) is 25.1 Å². The highest BCUT2D eigenvalue weighted by atomic mass is 32.2. The van der Waals surface area contributed by atoms with Crippen LogP contribution in [0.5, 0.6) is 0 Å². The van der Waals surface area contributed by atoms with Gasteiger partial charge in [-0.05, 0) is 37.1 Å². The van der Waals surface area contributed by atoms with Crippen LogP contribution in [0, 0.1) is 0 Å². The molecule has 7 nitrogen and oxygen atoms in total. The lowest BCUT2D eigenvalue weighted by Crippen LogP contribution is -2.50. The van der Waals surface area contributed by atoms with Crippen molar-refractivity contribution in [3.05, 3.63) is 24.3 Å². The van der Waals surface area contributed by atoms with E-state index in [1.54, 1.807) is 12.1 Å². The van der Waals surface area contributed by atoms with E-state index in [-0.39, 0.29) is 16.8 Å². The van der Waals surface area contributed by atoms with E-state index in [9.17, 15) is 13.2 Å². The fourth-order valence-electron chi connectivity index (χ4n) is 3.15. The van der Waals surface area contributed by atoms with E-state index in [4.69, 9.17) is 9.47 Å². The zero-order chi connectivity index (χ0) is 17.2. The Morgan fingerprint density at radius 2 is 1.83 bits per heavy atom. The lowest BCUT2D eigenvalue weighted by Gasteiger charge is -2.36. The van der Waals surface area contributed by atoms with Gasteiger partial charge in [0.25, 0.3) is 0 Å². The van der Waals surface area contributed by atoms with Crippen LogP contribution in [-0.2, 0) is 24.3 Å². The average molecular weight is 354 g/mol. The Morgan fingerprint density at radius 3 is 2.46 bits per heavy atom. The summed E-state index contributed by atoms with van der Waals surface area (Å²) in [6.45, 7) is 2.87. The molecular weight excluding hydrogens is 332 g/mol. The SMILES string of the molecule is CC(=O)Nc1ccc(S(=O)(=O)N2CCCCC2C2OCCO2)cc1. The Labute approximate surface area is 142 Å². The number of carbonyl (C=O) groups is 1. The van der Waals surface area contributed by atoms with Gasteiger partial charge in [0.15, 0.2) is 6.29 Å². The van der Waals surface area contributed by atoms with Gasteiger partial charge in [-0.25, -0.2) is 8.42 Å². The highest BCUT2D eigenvalue weighted by Gasteiger charge is 2.40. The van der Waals surface area contributed by atoms with Crippen LogP contribution in [0.4, 0.5) is 5.69 Å². The second-order valence-electron chi connectivity index (χ2n) is 5.99. The zero-order valence-electron chi connectivity index (χ0n) is 13.6. The number of amides is 1. The molecule has 2 fully saturated rings. The van der Waals surface area contributed by atoms with Gasteiger partial charge in [0.05, 0.1) is 24.2 Å². The van der Waals surface area contributed by atoms with Crippen molar-refractivity contribution >= 4 is 21.6 Å². The van der Waals surface area contributed by atoms with Crippen molar-refractivity contribution in [2.24, 2.45) is 0 Å². The summed E-state index contributed by atoms with van der Waals surface area (Å²) >= 11 is 0. The third kappa shape index (κ3) is 3.61. The molecule has 0 radical (unpaired) electrons. The molecule has 132 valence electrons. The standard InChI is InChI=1S/C16H22N2O5S/c1-12(19)17-13-5-7-14(8-6-13)24(20,21)18-9-3-2-4-15(18)16-22-10-11-23-16/h5-8,15-16H,2-4,9-11H2,1H3,(H,17,19). The molecule has 2 aliphatic rings. The van der Waals surface area contributed by atoms with Gasteiger partial charge >= 0.3 is 0 Å². The molecule has 2 heterocycles. The van der Waals surface area contributed by atoms with Gasteiger partial charge in [0, 0.05) is 19.2 Å². The number of carbonyl (C=O) groups excluding carboxylic acids is 1. The number of piperidine rings is 1. The number of ether oxygens (including phenoxy) is 2. The maximum Gasteiger partial charge on any atom is 0.243 e. The monoisotopic (exact) mass is 354 g/mol. The molecular formula is C16H22N2O5S. The summed E-state index contributed by atoms with van der Waals surface area (Å²) in [4.78, 5) is 11.3.